The highest BCUT2D eigenvalue weighted by Gasteiger charge is 2.10. The lowest BCUT2D eigenvalue weighted by Crippen LogP contribution is -2.32. The van der Waals surface area contributed by atoms with E-state index in [9.17, 15) is 9.59 Å². The average Bonchev–Trinajstić information content (AvgIpc) is 2.73. The summed E-state index contributed by atoms with van der Waals surface area (Å²) >= 11 is 0. The summed E-state index contributed by atoms with van der Waals surface area (Å²) in [5, 5.41) is 5.44. The van der Waals surface area contributed by atoms with Gasteiger partial charge < -0.3 is 15.4 Å². The Morgan fingerprint density at radius 2 is 1.57 bits per heavy atom. The van der Waals surface area contributed by atoms with Crippen LogP contribution in [-0.2, 0) is 11.2 Å². The number of hydrogen-bond donors (Lipinski definition) is 2. The highest BCUT2D eigenvalue weighted by molar-refractivity contribution is 5.99. The fraction of sp³-hybridized carbons (Fsp3) is 0.130. The van der Waals surface area contributed by atoms with Crippen molar-refractivity contribution in [3.8, 4) is 5.75 Å². The third kappa shape index (κ3) is 5.20. The standard InChI is InChI=1S/C23H22N2O3/c1-28-21-13-12-20(15-19(21)14-17-8-4-2-5-9-17)25-22(26)16-24-23(27)18-10-6-3-7-11-18/h2-13,15H,14,16H2,1H3,(H,24,27)(H,25,26). The molecule has 3 aromatic rings. The highest BCUT2D eigenvalue weighted by atomic mass is 16.5. The number of hydrogen-bond acceptors (Lipinski definition) is 3. The fourth-order valence-corrected chi connectivity index (χ4v) is 2.87. The Kier molecular flexibility index (Phi) is 6.41. The molecular weight excluding hydrogens is 352 g/mol. The summed E-state index contributed by atoms with van der Waals surface area (Å²) in [6.45, 7) is -0.103. The van der Waals surface area contributed by atoms with Gasteiger partial charge in [0.2, 0.25) is 5.91 Å². The summed E-state index contributed by atoms with van der Waals surface area (Å²) in [5.74, 6) is 0.189. The second kappa shape index (κ2) is 9.37. The largest absolute Gasteiger partial charge is 0.496 e. The average molecular weight is 374 g/mol. The molecule has 28 heavy (non-hydrogen) atoms. The van der Waals surface area contributed by atoms with E-state index in [1.165, 1.54) is 0 Å². The lowest BCUT2D eigenvalue weighted by atomic mass is 10.0. The Bertz CT molecular complexity index is 941. The van der Waals surface area contributed by atoms with Crippen LogP contribution in [0, 0.1) is 0 Å². The summed E-state index contributed by atoms with van der Waals surface area (Å²) in [4.78, 5) is 24.2. The van der Waals surface area contributed by atoms with Gasteiger partial charge in [0.05, 0.1) is 13.7 Å². The van der Waals surface area contributed by atoms with Crippen molar-refractivity contribution in [2.75, 3.05) is 19.0 Å². The molecule has 2 amide bonds. The summed E-state index contributed by atoms with van der Waals surface area (Å²) in [7, 11) is 1.63. The van der Waals surface area contributed by atoms with E-state index in [1.807, 2.05) is 48.5 Å². The van der Waals surface area contributed by atoms with E-state index >= 15 is 0 Å². The Labute approximate surface area is 164 Å². The number of benzene rings is 3. The molecule has 0 bridgehead atoms. The molecule has 2 N–H and O–H groups in total. The van der Waals surface area contributed by atoms with Gasteiger partial charge in [-0.3, -0.25) is 9.59 Å². The first-order chi connectivity index (χ1) is 13.7. The summed E-state index contributed by atoms with van der Waals surface area (Å²) in [5.41, 5.74) is 3.30. The van der Waals surface area contributed by atoms with E-state index in [0.717, 1.165) is 16.9 Å². The minimum absolute atomic E-state index is 0.103. The van der Waals surface area contributed by atoms with Gasteiger partial charge in [0.25, 0.3) is 5.91 Å². The monoisotopic (exact) mass is 374 g/mol. The van der Waals surface area contributed by atoms with Crippen molar-refractivity contribution in [2.45, 2.75) is 6.42 Å². The smallest absolute Gasteiger partial charge is 0.251 e. The van der Waals surface area contributed by atoms with Crippen LogP contribution in [0.3, 0.4) is 0 Å². The van der Waals surface area contributed by atoms with E-state index in [1.54, 1.807) is 37.4 Å². The summed E-state index contributed by atoms with van der Waals surface area (Å²) in [6, 6.07) is 24.3. The van der Waals surface area contributed by atoms with Crippen LogP contribution in [0.1, 0.15) is 21.5 Å². The number of carbonyl (C=O) groups excluding carboxylic acids is 2. The van der Waals surface area contributed by atoms with Crippen molar-refractivity contribution < 1.29 is 14.3 Å². The molecule has 0 fully saturated rings. The number of anilines is 1. The van der Waals surface area contributed by atoms with Crippen LogP contribution in [0.15, 0.2) is 78.9 Å². The Balaban J connectivity index is 1.62. The zero-order valence-corrected chi connectivity index (χ0v) is 15.6. The number of ether oxygens (including phenoxy) is 1. The van der Waals surface area contributed by atoms with E-state index in [2.05, 4.69) is 10.6 Å². The normalized spacial score (nSPS) is 10.2. The first kappa shape index (κ1) is 19.2. The number of amides is 2. The highest BCUT2D eigenvalue weighted by Crippen LogP contribution is 2.25. The Hall–Kier alpha value is -3.60. The number of nitrogens with one attached hydrogen (secondary N) is 2. The van der Waals surface area contributed by atoms with E-state index < -0.39 is 0 Å². The topological polar surface area (TPSA) is 67.4 Å². The van der Waals surface area contributed by atoms with Crippen LogP contribution in [0.25, 0.3) is 0 Å². The summed E-state index contributed by atoms with van der Waals surface area (Å²) < 4.78 is 5.44. The lowest BCUT2D eigenvalue weighted by molar-refractivity contribution is -0.115. The molecule has 0 saturated carbocycles. The zero-order chi connectivity index (χ0) is 19.8. The van der Waals surface area contributed by atoms with E-state index in [-0.39, 0.29) is 18.4 Å². The van der Waals surface area contributed by atoms with Crippen molar-refractivity contribution in [1.82, 2.24) is 5.32 Å². The minimum atomic E-state index is -0.292. The molecule has 0 atom stereocenters. The SMILES string of the molecule is COc1ccc(NC(=O)CNC(=O)c2ccccc2)cc1Cc1ccccc1. The van der Waals surface area contributed by atoms with Crippen LogP contribution in [0.5, 0.6) is 5.75 Å². The van der Waals surface area contributed by atoms with Crippen LogP contribution in [0.2, 0.25) is 0 Å². The molecule has 3 aromatic carbocycles. The second-order valence-corrected chi connectivity index (χ2v) is 6.29. The van der Waals surface area contributed by atoms with Gasteiger partial charge in [-0.15, -0.1) is 0 Å². The molecule has 5 heteroatoms. The number of methoxy groups -OCH3 is 1. The Morgan fingerprint density at radius 1 is 0.893 bits per heavy atom. The molecule has 0 heterocycles. The van der Waals surface area contributed by atoms with Crippen molar-refractivity contribution >= 4 is 17.5 Å². The van der Waals surface area contributed by atoms with Crippen LogP contribution >= 0.6 is 0 Å². The molecule has 0 aliphatic carbocycles. The predicted molar refractivity (Wildman–Crippen MR) is 110 cm³/mol. The van der Waals surface area contributed by atoms with Gasteiger partial charge in [-0.1, -0.05) is 48.5 Å². The molecule has 0 unspecified atom stereocenters. The van der Waals surface area contributed by atoms with Crippen molar-refractivity contribution in [3.63, 3.8) is 0 Å². The van der Waals surface area contributed by atoms with Gasteiger partial charge in [0.1, 0.15) is 5.75 Å². The lowest BCUT2D eigenvalue weighted by Gasteiger charge is -2.12. The van der Waals surface area contributed by atoms with Crippen molar-refractivity contribution in [2.24, 2.45) is 0 Å². The minimum Gasteiger partial charge on any atom is -0.496 e. The maximum Gasteiger partial charge on any atom is 0.251 e. The van der Waals surface area contributed by atoms with Crippen molar-refractivity contribution in [3.05, 3.63) is 95.6 Å². The summed E-state index contributed by atoms with van der Waals surface area (Å²) in [6.07, 6.45) is 0.693. The van der Waals surface area contributed by atoms with Crippen LogP contribution in [0.4, 0.5) is 5.69 Å². The molecule has 0 saturated heterocycles. The molecule has 0 aliphatic heterocycles. The first-order valence-corrected chi connectivity index (χ1v) is 8.99. The molecule has 0 spiro atoms. The fourth-order valence-electron chi connectivity index (χ4n) is 2.87. The third-order valence-corrected chi connectivity index (χ3v) is 4.25. The number of carbonyl (C=O) groups is 2. The second-order valence-electron chi connectivity index (χ2n) is 6.29. The van der Waals surface area contributed by atoms with Crippen LogP contribution < -0.4 is 15.4 Å². The van der Waals surface area contributed by atoms with Crippen molar-refractivity contribution in [1.29, 1.82) is 0 Å². The van der Waals surface area contributed by atoms with Gasteiger partial charge in [0, 0.05) is 23.2 Å². The molecule has 0 radical (unpaired) electrons. The molecular formula is C23H22N2O3. The molecule has 3 rings (SSSR count). The molecule has 0 aromatic heterocycles. The van der Waals surface area contributed by atoms with Gasteiger partial charge >= 0.3 is 0 Å². The quantitative estimate of drug-likeness (QED) is 0.663. The molecule has 142 valence electrons. The van der Waals surface area contributed by atoms with Gasteiger partial charge in [-0.2, -0.15) is 0 Å². The maximum absolute atomic E-state index is 12.2. The van der Waals surface area contributed by atoms with E-state index in [0.29, 0.717) is 17.7 Å². The third-order valence-electron chi connectivity index (χ3n) is 4.25. The first-order valence-electron chi connectivity index (χ1n) is 8.99. The maximum atomic E-state index is 12.2. The zero-order valence-electron chi connectivity index (χ0n) is 15.6. The Morgan fingerprint density at radius 3 is 2.25 bits per heavy atom. The molecule has 0 aliphatic rings. The van der Waals surface area contributed by atoms with Gasteiger partial charge in [0.15, 0.2) is 0 Å². The molecule has 5 nitrogen and oxygen atoms in total. The van der Waals surface area contributed by atoms with Gasteiger partial charge in [-0.25, -0.2) is 0 Å². The van der Waals surface area contributed by atoms with Crippen LogP contribution in [-0.4, -0.2) is 25.5 Å². The predicted octanol–water partition coefficient (Wildman–Crippen LogP) is 3.65. The van der Waals surface area contributed by atoms with Gasteiger partial charge in [-0.05, 0) is 35.9 Å². The number of rotatable bonds is 7. The van der Waals surface area contributed by atoms with E-state index in [4.69, 9.17) is 4.74 Å².